The molecule has 0 spiro atoms. The van der Waals surface area contributed by atoms with E-state index in [1.165, 1.54) is 0 Å². The molecule has 6 heteroatoms. The van der Waals surface area contributed by atoms with Crippen molar-refractivity contribution in [1.82, 2.24) is 0 Å². The number of likely N-dealkylation sites (N-methyl/N-ethyl adjacent to an activating group) is 1. The maximum absolute atomic E-state index is 16.3. The van der Waals surface area contributed by atoms with Gasteiger partial charge in [0.05, 0.1) is 14.1 Å². The van der Waals surface area contributed by atoms with E-state index < -0.39 is 11.6 Å². The van der Waals surface area contributed by atoms with Crippen LogP contribution in [0.25, 0.3) is 0 Å². The van der Waals surface area contributed by atoms with E-state index in [1.807, 2.05) is 12.1 Å². The minimum absolute atomic E-state index is 0. The molecule has 4 nitrogen and oxygen atoms in total. The first-order chi connectivity index (χ1) is 13.4. The van der Waals surface area contributed by atoms with Crippen molar-refractivity contribution in [3.05, 3.63) is 71.8 Å². The monoisotopic (exact) mass is 461 g/mol. The third-order valence-corrected chi connectivity index (χ3v) is 6.94. The molecule has 0 amide bonds. The summed E-state index contributed by atoms with van der Waals surface area (Å²) in [5.41, 5.74) is -1.72. The number of hydrogen-bond acceptors (Lipinski definition) is 3. The normalized spacial score (nSPS) is 31.3. The third kappa shape index (κ3) is 3.13. The number of benzene rings is 2. The number of alkyl halides is 1. The number of halogens is 2. The molecule has 2 aromatic rings. The molecule has 4 atom stereocenters. The first-order valence-corrected chi connectivity index (χ1v) is 9.92. The van der Waals surface area contributed by atoms with Crippen LogP contribution in [0.5, 0.6) is 0 Å². The number of fused-ring (bicyclic) bond motifs is 5. The number of piperidine rings is 1. The molecule has 3 aliphatic rings. The summed E-state index contributed by atoms with van der Waals surface area (Å²) < 4.78 is 28.9. The number of morpholine rings is 1. The van der Waals surface area contributed by atoms with E-state index in [9.17, 15) is 4.79 Å². The van der Waals surface area contributed by atoms with E-state index in [4.69, 9.17) is 9.47 Å². The average molecular weight is 462 g/mol. The molecule has 2 aromatic carbocycles. The minimum atomic E-state index is -2.32. The summed E-state index contributed by atoms with van der Waals surface area (Å²) >= 11 is 0. The number of carbonyl (C=O) groups is 1. The lowest BCUT2D eigenvalue weighted by molar-refractivity contribution is -0.938. The van der Waals surface area contributed by atoms with Crippen LogP contribution in [0.1, 0.15) is 24.0 Å². The highest BCUT2D eigenvalue weighted by Crippen LogP contribution is 2.52. The van der Waals surface area contributed by atoms with Gasteiger partial charge >= 0.3 is 5.97 Å². The predicted octanol–water partition coefficient (Wildman–Crippen LogP) is 0.204. The second kappa shape index (κ2) is 7.18. The summed E-state index contributed by atoms with van der Waals surface area (Å²) in [6.45, 7) is 0. The highest BCUT2D eigenvalue weighted by molar-refractivity contribution is 5.85. The molecule has 154 valence electrons. The van der Waals surface area contributed by atoms with Gasteiger partial charge in [0.1, 0.15) is 30.4 Å². The Hall–Kier alpha value is -1.76. The van der Waals surface area contributed by atoms with Gasteiger partial charge in [0.25, 0.3) is 5.67 Å². The lowest BCUT2D eigenvalue weighted by Crippen LogP contribution is -3.00. The minimum Gasteiger partial charge on any atom is -1.00 e. The Morgan fingerprint density at radius 1 is 0.966 bits per heavy atom. The van der Waals surface area contributed by atoms with Crippen LogP contribution in [0.3, 0.4) is 0 Å². The third-order valence-electron chi connectivity index (χ3n) is 6.94. The van der Waals surface area contributed by atoms with Crippen molar-refractivity contribution in [2.75, 3.05) is 14.1 Å². The van der Waals surface area contributed by atoms with Crippen molar-refractivity contribution in [2.45, 2.75) is 48.9 Å². The van der Waals surface area contributed by atoms with Crippen LogP contribution in [-0.4, -0.2) is 54.9 Å². The van der Waals surface area contributed by atoms with E-state index in [2.05, 4.69) is 14.1 Å². The Morgan fingerprint density at radius 3 is 1.86 bits per heavy atom. The predicted molar refractivity (Wildman–Crippen MR) is 102 cm³/mol. The average Bonchev–Trinajstić information content (AvgIpc) is 3.47. The molecule has 3 fully saturated rings. The maximum Gasteiger partial charge on any atom is 0.353 e. The molecule has 4 unspecified atom stereocenters. The highest BCUT2D eigenvalue weighted by Gasteiger charge is 2.71. The highest BCUT2D eigenvalue weighted by atomic mass is 79.9. The van der Waals surface area contributed by atoms with Crippen molar-refractivity contribution < 1.29 is 40.1 Å². The molecule has 0 aromatic heterocycles. The van der Waals surface area contributed by atoms with Crippen LogP contribution in [0.4, 0.5) is 4.39 Å². The molecule has 0 N–H and O–H groups in total. The summed E-state index contributed by atoms with van der Waals surface area (Å²) in [6, 6.07) is 17.8. The number of hydrogen-bond donors (Lipinski definition) is 0. The molecule has 29 heavy (non-hydrogen) atoms. The van der Waals surface area contributed by atoms with Crippen molar-refractivity contribution in [3.8, 4) is 0 Å². The van der Waals surface area contributed by atoms with Gasteiger partial charge in [-0.15, -0.1) is 0 Å². The quantitative estimate of drug-likeness (QED) is 0.371. The smallest absolute Gasteiger partial charge is 0.353 e. The van der Waals surface area contributed by atoms with Crippen LogP contribution in [0.15, 0.2) is 60.7 Å². The topological polar surface area (TPSA) is 38.8 Å². The van der Waals surface area contributed by atoms with Crippen LogP contribution in [0.2, 0.25) is 0 Å². The van der Waals surface area contributed by atoms with E-state index in [-0.39, 0.29) is 35.3 Å². The zero-order chi connectivity index (χ0) is 19.5. The second-order valence-electron chi connectivity index (χ2n) is 8.72. The Balaban J connectivity index is 0.00000205. The molecular formula is C23H25BrFNO3. The summed E-state index contributed by atoms with van der Waals surface area (Å²) in [5.74, 6) is -0.823. The zero-order valence-electron chi connectivity index (χ0n) is 16.5. The van der Waals surface area contributed by atoms with Crippen molar-refractivity contribution in [3.63, 3.8) is 0 Å². The van der Waals surface area contributed by atoms with Crippen molar-refractivity contribution >= 4 is 5.97 Å². The van der Waals surface area contributed by atoms with Gasteiger partial charge in [-0.25, -0.2) is 9.18 Å². The van der Waals surface area contributed by atoms with Gasteiger partial charge in [-0.3, -0.25) is 0 Å². The SMILES string of the molecule is C[N+]1(C)C2CC(OC(=O)C(F)(c3ccccc3)c3ccccc3)CC1C1OC12.[Br-]. The lowest BCUT2D eigenvalue weighted by atomic mass is 9.88. The first kappa shape index (κ1) is 20.5. The van der Waals surface area contributed by atoms with Crippen molar-refractivity contribution in [2.24, 2.45) is 0 Å². The number of ether oxygens (including phenoxy) is 2. The van der Waals surface area contributed by atoms with E-state index >= 15 is 4.39 Å². The van der Waals surface area contributed by atoms with Gasteiger partial charge in [0.15, 0.2) is 0 Å². The van der Waals surface area contributed by atoms with Gasteiger partial charge < -0.3 is 30.9 Å². The maximum atomic E-state index is 16.3. The fourth-order valence-electron chi connectivity index (χ4n) is 5.27. The zero-order valence-corrected chi connectivity index (χ0v) is 18.1. The van der Waals surface area contributed by atoms with Gasteiger partial charge in [-0.05, 0) is 0 Å². The van der Waals surface area contributed by atoms with Crippen LogP contribution in [0, 0.1) is 0 Å². The van der Waals surface area contributed by atoms with Crippen LogP contribution in [-0.2, 0) is 19.9 Å². The Morgan fingerprint density at radius 2 is 1.41 bits per heavy atom. The molecule has 3 aliphatic heterocycles. The fraction of sp³-hybridized carbons (Fsp3) is 0.435. The van der Waals surface area contributed by atoms with E-state index in [0.717, 1.165) is 17.3 Å². The number of epoxide rings is 1. The largest absolute Gasteiger partial charge is 1.00 e. The summed E-state index contributed by atoms with van der Waals surface area (Å²) in [5, 5.41) is 0. The standard InChI is InChI=1S/C23H25FNO3.BrH/c1-25(2)18-13-17(14-19(25)21-20(18)28-21)27-22(26)23(24,15-9-5-3-6-10-15)16-11-7-4-8-12-16;/h3-12,17-21H,13-14H2,1-2H3;1H/q+1;/p-1. The number of carbonyl (C=O) groups excluding carboxylic acids is 1. The van der Waals surface area contributed by atoms with Crippen LogP contribution < -0.4 is 17.0 Å². The van der Waals surface area contributed by atoms with Gasteiger partial charge in [-0.2, -0.15) is 0 Å². The summed E-state index contributed by atoms with van der Waals surface area (Å²) in [6.07, 6.45) is 1.70. The van der Waals surface area contributed by atoms with Crippen molar-refractivity contribution in [1.29, 1.82) is 0 Å². The van der Waals surface area contributed by atoms with E-state index in [1.54, 1.807) is 48.5 Å². The molecule has 2 bridgehead atoms. The van der Waals surface area contributed by atoms with Gasteiger partial charge in [0.2, 0.25) is 0 Å². The Bertz CT molecular complexity index is 832. The summed E-state index contributed by atoms with van der Waals surface area (Å²) in [7, 11) is 4.44. The number of quaternary nitrogens is 1. The first-order valence-electron chi connectivity index (χ1n) is 9.92. The number of rotatable bonds is 4. The molecule has 0 aliphatic carbocycles. The fourth-order valence-corrected chi connectivity index (χ4v) is 5.27. The Kier molecular flexibility index (Phi) is 5.08. The molecule has 3 saturated heterocycles. The molecule has 5 rings (SSSR count). The van der Waals surface area contributed by atoms with Crippen LogP contribution >= 0.6 is 0 Å². The summed E-state index contributed by atoms with van der Waals surface area (Å²) in [4.78, 5) is 13.2. The molecule has 0 saturated carbocycles. The Labute approximate surface area is 181 Å². The van der Waals surface area contributed by atoms with E-state index in [0.29, 0.717) is 23.2 Å². The molecular weight excluding hydrogens is 437 g/mol. The number of esters is 1. The van der Waals surface area contributed by atoms with Gasteiger partial charge in [0, 0.05) is 24.0 Å². The number of nitrogens with zero attached hydrogens (tertiary/aromatic N) is 1. The molecule has 0 radical (unpaired) electrons. The lowest BCUT2D eigenvalue weighted by Gasteiger charge is -2.45. The van der Waals surface area contributed by atoms with Gasteiger partial charge in [-0.1, -0.05) is 60.7 Å². The molecule has 3 heterocycles. The second-order valence-corrected chi connectivity index (χ2v) is 8.72.